The van der Waals surface area contributed by atoms with Gasteiger partial charge in [-0.25, -0.2) is 0 Å². The van der Waals surface area contributed by atoms with E-state index < -0.39 is 17.9 Å². The first kappa shape index (κ1) is 13.0. The zero-order chi connectivity index (χ0) is 13.0. The second kappa shape index (κ2) is 5.34. The second-order valence-electron chi connectivity index (χ2n) is 3.95. The van der Waals surface area contributed by atoms with Gasteiger partial charge < -0.3 is 15.3 Å². The number of aryl methyl sites for hydroxylation is 1. The first-order valence-electron chi connectivity index (χ1n) is 5.13. The SMILES string of the molecule is Cc1ccc(C(CC(=O)O)CC(=O)O)c(O)c1. The van der Waals surface area contributed by atoms with Gasteiger partial charge in [0.15, 0.2) is 0 Å². The van der Waals surface area contributed by atoms with Crippen molar-refractivity contribution in [3.05, 3.63) is 29.3 Å². The van der Waals surface area contributed by atoms with Crippen LogP contribution in [0.15, 0.2) is 18.2 Å². The second-order valence-corrected chi connectivity index (χ2v) is 3.95. The number of carboxylic acids is 2. The van der Waals surface area contributed by atoms with Gasteiger partial charge >= 0.3 is 11.9 Å². The maximum Gasteiger partial charge on any atom is 0.303 e. The van der Waals surface area contributed by atoms with Gasteiger partial charge in [-0.15, -0.1) is 0 Å². The van der Waals surface area contributed by atoms with Crippen molar-refractivity contribution in [3.8, 4) is 5.75 Å². The number of hydrogen-bond donors (Lipinski definition) is 3. The summed E-state index contributed by atoms with van der Waals surface area (Å²) in [6.45, 7) is 1.78. The van der Waals surface area contributed by atoms with Crippen LogP contribution < -0.4 is 0 Å². The van der Waals surface area contributed by atoms with Crippen LogP contribution in [-0.2, 0) is 9.59 Å². The summed E-state index contributed by atoms with van der Waals surface area (Å²) >= 11 is 0. The van der Waals surface area contributed by atoms with Crippen molar-refractivity contribution in [3.63, 3.8) is 0 Å². The Labute approximate surface area is 98.3 Å². The van der Waals surface area contributed by atoms with Crippen molar-refractivity contribution in [2.75, 3.05) is 0 Å². The van der Waals surface area contributed by atoms with E-state index in [1.807, 2.05) is 0 Å². The molecule has 5 heteroatoms. The van der Waals surface area contributed by atoms with Crippen LogP contribution in [0.2, 0.25) is 0 Å². The molecule has 0 radical (unpaired) electrons. The lowest BCUT2D eigenvalue weighted by molar-refractivity contribution is -0.139. The Morgan fingerprint density at radius 2 is 1.71 bits per heavy atom. The minimum Gasteiger partial charge on any atom is -0.508 e. The monoisotopic (exact) mass is 238 g/mol. The van der Waals surface area contributed by atoms with Crippen LogP contribution in [0.25, 0.3) is 0 Å². The van der Waals surface area contributed by atoms with E-state index in [1.165, 1.54) is 6.07 Å². The van der Waals surface area contributed by atoms with E-state index in [-0.39, 0.29) is 18.6 Å². The van der Waals surface area contributed by atoms with Crippen LogP contribution in [0, 0.1) is 6.92 Å². The van der Waals surface area contributed by atoms with E-state index in [2.05, 4.69) is 0 Å². The lowest BCUT2D eigenvalue weighted by Gasteiger charge is -2.14. The third-order valence-electron chi connectivity index (χ3n) is 2.47. The number of phenolic OH excluding ortho intramolecular Hbond substituents is 1. The van der Waals surface area contributed by atoms with Crippen molar-refractivity contribution < 1.29 is 24.9 Å². The molecular weight excluding hydrogens is 224 g/mol. The van der Waals surface area contributed by atoms with Crippen molar-refractivity contribution in [2.45, 2.75) is 25.7 Å². The number of benzene rings is 1. The standard InChI is InChI=1S/C12H14O5/c1-7-2-3-9(10(13)4-7)8(5-11(14)15)6-12(16)17/h2-4,8,13H,5-6H2,1H3,(H,14,15)(H,16,17). The van der Waals surface area contributed by atoms with Crippen LogP contribution in [-0.4, -0.2) is 27.3 Å². The molecule has 1 aromatic carbocycles. The predicted octanol–water partition coefficient (Wildman–Crippen LogP) is 1.73. The van der Waals surface area contributed by atoms with Gasteiger partial charge in [0.25, 0.3) is 0 Å². The predicted molar refractivity (Wildman–Crippen MR) is 60.1 cm³/mol. The van der Waals surface area contributed by atoms with Gasteiger partial charge in [0.1, 0.15) is 5.75 Å². The van der Waals surface area contributed by atoms with Gasteiger partial charge in [-0.1, -0.05) is 12.1 Å². The third-order valence-corrected chi connectivity index (χ3v) is 2.47. The summed E-state index contributed by atoms with van der Waals surface area (Å²) in [4.78, 5) is 21.3. The molecular formula is C12H14O5. The van der Waals surface area contributed by atoms with Crippen molar-refractivity contribution in [1.82, 2.24) is 0 Å². The molecule has 0 aliphatic heterocycles. The number of carboxylic acid groups (broad SMARTS) is 2. The fraction of sp³-hybridized carbons (Fsp3) is 0.333. The topological polar surface area (TPSA) is 94.8 Å². The van der Waals surface area contributed by atoms with E-state index >= 15 is 0 Å². The van der Waals surface area contributed by atoms with Crippen molar-refractivity contribution in [2.24, 2.45) is 0 Å². The van der Waals surface area contributed by atoms with Crippen molar-refractivity contribution >= 4 is 11.9 Å². The highest BCUT2D eigenvalue weighted by Gasteiger charge is 2.21. The highest BCUT2D eigenvalue weighted by molar-refractivity contribution is 5.72. The maximum atomic E-state index is 10.7. The largest absolute Gasteiger partial charge is 0.508 e. The number of hydrogen-bond acceptors (Lipinski definition) is 3. The van der Waals surface area contributed by atoms with Crippen LogP contribution in [0.1, 0.15) is 29.9 Å². The fourth-order valence-corrected chi connectivity index (χ4v) is 1.71. The number of carbonyl (C=O) groups is 2. The number of aliphatic carboxylic acids is 2. The van der Waals surface area contributed by atoms with E-state index in [0.29, 0.717) is 5.56 Å². The van der Waals surface area contributed by atoms with Crippen LogP contribution in [0.3, 0.4) is 0 Å². The summed E-state index contributed by atoms with van der Waals surface area (Å²) in [6.07, 6.45) is -0.633. The Bertz CT molecular complexity index is 423. The fourth-order valence-electron chi connectivity index (χ4n) is 1.71. The Hall–Kier alpha value is -2.04. The average molecular weight is 238 g/mol. The minimum absolute atomic E-state index is 0.0579. The van der Waals surface area contributed by atoms with E-state index in [9.17, 15) is 14.7 Å². The first-order valence-corrected chi connectivity index (χ1v) is 5.13. The van der Waals surface area contributed by atoms with Crippen LogP contribution in [0.5, 0.6) is 5.75 Å². The Balaban J connectivity index is 3.02. The zero-order valence-corrected chi connectivity index (χ0v) is 9.38. The van der Waals surface area contributed by atoms with Gasteiger partial charge in [-0.3, -0.25) is 9.59 Å². The molecule has 3 N–H and O–H groups in total. The highest BCUT2D eigenvalue weighted by atomic mass is 16.4. The Morgan fingerprint density at radius 3 is 2.12 bits per heavy atom. The van der Waals surface area contributed by atoms with E-state index in [1.54, 1.807) is 19.1 Å². The van der Waals surface area contributed by atoms with E-state index in [0.717, 1.165) is 5.56 Å². The van der Waals surface area contributed by atoms with Gasteiger partial charge in [-0.2, -0.15) is 0 Å². The minimum atomic E-state index is -1.09. The molecule has 0 spiro atoms. The summed E-state index contributed by atoms with van der Waals surface area (Å²) in [5.74, 6) is -2.95. The first-order chi connectivity index (χ1) is 7.90. The lowest BCUT2D eigenvalue weighted by atomic mass is 9.91. The van der Waals surface area contributed by atoms with Gasteiger partial charge in [0, 0.05) is 5.92 Å². The molecule has 1 aromatic rings. The number of aromatic hydroxyl groups is 1. The van der Waals surface area contributed by atoms with Crippen LogP contribution in [0.4, 0.5) is 0 Å². The molecule has 0 amide bonds. The van der Waals surface area contributed by atoms with Crippen LogP contribution >= 0.6 is 0 Å². The van der Waals surface area contributed by atoms with E-state index in [4.69, 9.17) is 10.2 Å². The zero-order valence-electron chi connectivity index (χ0n) is 9.38. The van der Waals surface area contributed by atoms with Gasteiger partial charge in [0.05, 0.1) is 12.8 Å². The molecule has 0 heterocycles. The molecule has 5 nitrogen and oxygen atoms in total. The molecule has 0 atom stereocenters. The highest BCUT2D eigenvalue weighted by Crippen LogP contribution is 2.31. The average Bonchev–Trinajstić information content (AvgIpc) is 2.14. The summed E-state index contributed by atoms with van der Waals surface area (Å²) in [7, 11) is 0. The summed E-state index contributed by atoms with van der Waals surface area (Å²) in [6, 6.07) is 4.78. The number of rotatable bonds is 5. The normalized spacial score (nSPS) is 10.5. The molecule has 0 bridgehead atoms. The molecule has 1 rings (SSSR count). The molecule has 0 fully saturated rings. The molecule has 92 valence electrons. The lowest BCUT2D eigenvalue weighted by Crippen LogP contribution is -2.11. The molecule has 0 saturated carbocycles. The summed E-state index contributed by atoms with van der Waals surface area (Å²) < 4.78 is 0. The molecule has 0 saturated heterocycles. The van der Waals surface area contributed by atoms with Gasteiger partial charge in [-0.05, 0) is 24.1 Å². The molecule has 17 heavy (non-hydrogen) atoms. The van der Waals surface area contributed by atoms with Gasteiger partial charge in [0.2, 0.25) is 0 Å². The maximum absolute atomic E-state index is 10.7. The Morgan fingerprint density at radius 1 is 1.18 bits per heavy atom. The molecule has 0 unspecified atom stereocenters. The smallest absolute Gasteiger partial charge is 0.303 e. The quantitative estimate of drug-likeness (QED) is 0.726. The molecule has 0 aliphatic rings. The molecule has 0 aromatic heterocycles. The summed E-state index contributed by atoms with van der Waals surface area (Å²) in [5, 5.41) is 27.2. The third kappa shape index (κ3) is 3.79. The Kier molecular flexibility index (Phi) is 4.09. The van der Waals surface area contributed by atoms with Crippen molar-refractivity contribution in [1.29, 1.82) is 0 Å². The number of phenols is 1. The summed E-state index contributed by atoms with van der Waals surface area (Å²) in [5.41, 5.74) is 1.19. The molecule has 0 aliphatic carbocycles.